The fourth-order valence-corrected chi connectivity index (χ4v) is 2.92. The van der Waals surface area contributed by atoms with E-state index in [4.69, 9.17) is 10.5 Å². The van der Waals surface area contributed by atoms with Gasteiger partial charge in [0.25, 0.3) is 0 Å². The molecular formula is C16H16BrNO. The molecule has 1 aliphatic heterocycles. The molecule has 0 saturated heterocycles. The number of nitrogens with two attached hydrogens (primary N) is 1. The Morgan fingerprint density at radius 1 is 1.21 bits per heavy atom. The van der Waals surface area contributed by atoms with Gasteiger partial charge in [-0.1, -0.05) is 40.2 Å². The van der Waals surface area contributed by atoms with Gasteiger partial charge in [0.05, 0.1) is 6.61 Å². The first kappa shape index (κ1) is 12.7. The molecule has 0 aromatic heterocycles. The van der Waals surface area contributed by atoms with Crippen LogP contribution in [0, 0.1) is 0 Å². The molecule has 0 amide bonds. The lowest BCUT2D eigenvalue weighted by Crippen LogP contribution is -2.13. The van der Waals surface area contributed by atoms with Crippen LogP contribution in [0.1, 0.15) is 22.7 Å². The number of ether oxygens (including phenoxy) is 1. The quantitative estimate of drug-likeness (QED) is 0.938. The Labute approximate surface area is 121 Å². The van der Waals surface area contributed by atoms with Crippen LogP contribution in [-0.2, 0) is 12.8 Å². The third kappa shape index (κ3) is 2.82. The van der Waals surface area contributed by atoms with Crippen LogP contribution in [0.4, 0.5) is 0 Å². The Kier molecular flexibility index (Phi) is 3.58. The predicted molar refractivity (Wildman–Crippen MR) is 80.4 cm³/mol. The van der Waals surface area contributed by atoms with Gasteiger partial charge in [-0.25, -0.2) is 0 Å². The lowest BCUT2D eigenvalue weighted by Gasteiger charge is -2.13. The summed E-state index contributed by atoms with van der Waals surface area (Å²) in [5.41, 5.74) is 10.0. The van der Waals surface area contributed by atoms with Crippen LogP contribution in [0.25, 0.3) is 0 Å². The van der Waals surface area contributed by atoms with Crippen LogP contribution in [0.3, 0.4) is 0 Å². The summed E-state index contributed by atoms with van der Waals surface area (Å²) in [7, 11) is 0. The maximum absolute atomic E-state index is 6.32. The van der Waals surface area contributed by atoms with Gasteiger partial charge in [-0.15, -0.1) is 0 Å². The van der Waals surface area contributed by atoms with Crippen molar-refractivity contribution in [3.8, 4) is 5.75 Å². The molecule has 3 rings (SSSR count). The van der Waals surface area contributed by atoms with Crippen molar-refractivity contribution in [1.82, 2.24) is 0 Å². The summed E-state index contributed by atoms with van der Waals surface area (Å²) in [5, 5.41) is 0. The monoisotopic (exact) mass is 317 g/mol. The SMILES string of the molecule is NC(Cc1cccc(Br)c1)c1ccc2c(c1)CCO2. The van der Waals surface area contributed by atoms with Gasteiger partial charge in [0.2, 0.25) is 0 Å². The van der Waals surface area contributed by atoms with Crippen molar-refractivity contribution in [1.29, 1.82) is 0 Å². The van der Waals surface area contributed by atoms with Crippen molar-refractivity contribution < 1.29 is 4.74 Å². The van der Waals surface area contributed by atoms with Gasteiger partial charge in [0.1, 0.15) is 5.75 Å². The Hall–Kier alpha value is -1.32. The molecule has 98 valence electrons. The second kappa shape index (κ2) is 5.35. The van der Waals surface area contributed by atoms with Crippen LogP contribution >= 0.6 is 15.9 Å². The third-order valence-corrected chi connectivity index (χ3v) is 3.98. The van der Waals surface area contributed by atoms with Crippen LogP contribution in [0.15, 0.2) is 46.9 Å². The molecule has 0 fully saturated rings. The van der Waals surface area contributed by atoms with Crippen molar-refractivity contribution >= 4 is 15.9 Å². The highest BCUT2D eigenvalue weighted by atomic mass is 79.9. The van der Waals surface area contributed by atoms with E-state index in [-0.39, 0.29) is 6.04 Å². The van der Waals surface area contributed by atoms with Gasteiger partial charge in [0.15, 0.2) is 0 Å². The highest BCUT2D eigenvalue weighted by Crippen LogP contribution is 2.28. The summed E-state index contributed by atoms with van der Waals surface area (Å²) in [6, 6.07) is 14.6. The summed E-state index contributed by atoms with van der Waals surface area (Å²) < 4.78 is 6.62. The van der Waals surface area contributed by atoms with Crippen molar-refractivity contribution in [3.63, 3.8) is 0 Å². The molecule has 1 heterocycles. The molecule has 0 saturated carbocycles. The average Bonchev–Trinajstić information content (AvgIpc) is 2.85. The van der Waals surface area contributed by atoms with E-state index in [9.17, 15) is 0 Å². The minimum absolute atomic E-state index is 0.0280. The van der Waals surface area contributed by atoms with Crippen LogP contribution in [0.2, 0.25) is 0 Å². The van der Waals surface area contributed by atoms with E-state index < -0.39 is 0 Å². The molecule has 0 radical (unpaired) electrons. The molecule has 2 aromatic carbocycles. The number of hydrogen-bond acceptors (Lipinski definition) is 2. The van der Waals surface area contributed by atoms with Gasteiger partial charge in [-0.2, -0.15) is 0 Å². The number of benzene rings is 2. The van der Waals surface area contributed by atoms with E-state index in [2.05, 4.69) is 40.2 Å². The van der Waals surface area contributed by atoms with E-state index in [1.54, 1.807) is 0 Å². The standard InChI is InChI=1S/C16H16BrNO/c17-14-3-1-2-11(8-14)9-15(18)12-4-5-16-13(10-12)6-7-19-16/h1-5,8,10,15H,6-7,9,18H2. The molecule has 0 bridgehead atoms. The molecule has 3 heteroatoms. The van der Waals surface area contributed by atoms with Gasteiger partial charge in [-0.3, -0.25) is 0 Å². The first-order valence-electron chi connectivity index (χ1n) is 6.48. The molecule has 1 unspecified atom stereocenters. The first-order chi connectivity index (χ1) is 9.22. The van der Waals surface area contributed by atoms with Crippen molar-refractivity contribution in [2.75, 3.05) is 6.61 Å². The Morgan fingerprint density at radius 3 is 2.95 bits per heavy atom. The lowest BCUT2D eigenvalue weighted by molar-refractivity contribution is 0.357. The van der Waals surface area contributed by atoms with E-state index in [1.807, 2.05) is 18.2 Å². The summed E-state index contributed by atoms with van der Waals surface area (Å²) in [5.74, 6) is 1.01. The van der Waals surface area contributed by atoms with Gasteiger partial charge >= 0.3 is 0 Å². The smallest absolute Gasteiger partial charge is 0.122 e. The fraction of sp³-hybridized carbons (Fsp3) is 0.250. The van der Waals surface area contributed by atoms with Gasteiger partial charge in [0, 0.05) is 16.9 Å². The van der Waals surface area contributed by atoms with Crippen LogP contribution in [0.5, 0.6) is 5.75 Å². The average molecular weight is 318 g/mol. The highest BCUT2D eigenvalue weighted by molar-refractivity contribution is 9.10. The molecule has 2 N–H and O–H groups in total. The number of fused-ring (bicyclic) bond motifs is 1. The fourth-order valence-electron chi connectivity index (χ4n) is 2.47. The van der Waals surface area contributed by atoms with Crippen molar-refractivity contribution in [2.45, 2.75) is 18.9 Å². The zero-order valence-electron chi connectivity index (χ0n) is 10.6. The second-order valence-electron chi connectivity index (χ2n) is 4.91. The summed E-state index contributed by atoms with van der Waals surface area (Å²) >= 11 is 3.49. The molecule has 2 aromatic rings. The second-order valence-corrected chi connectivity index (χ2v) is 5.82. The van der Waals surface area contributed by atoms with Crippen molar-refractivity contribution in [2.24, 2.45) is 5.73 Å². The molecular weight excluding hydrogens is 302 g/mol. The topological polar surface area (TPSA) is 35.2 Å². The normalized spacial score (nSPS) is 14.8. The number of halogens is 1. The predicted octanol–water partition coefficient (Wildman–Crippen LogP) is 3.63. The molecule has 1 aliphatic rings. The maximum Gasteiger partial charge on any atom is 0.122 e. The lowest BCUT2D eigenvalue weighted by atomic mass is 9.97. The van der Waals surface area contributed by atoms with Gasteiger partial charge in [-0.05, 0) is 41.3 Å². The summed E-state index contributed by atoms with van der Waals surface area (Å²) in [4.78, 5) is 0. The first-order valence-corrected chi connectivity index (χ1v) is 7.27. The minimum atomic E-state index is 0.0280. The molecule has 19 heavy (non-hydrogen) atoms. The van der Waals surface area contributed by atoms with Crippen LogP contribution < -0.4 is 10.5 Å². The Morgan fingerprint density at radius 2 is 2.11 bits per heavy atom. The Balaban J connectivity index is 1.78. The maximum atomic E-state index is 6.32. The number of hydrogen-bond donors (Lipinski definition) is 1. The largest absolute Gasteiger partial charge is 0.493 e. The molecule has 0 aliphatic carbocycles. The Bertz CT molecular complexity index is 597. The van der Waals surface area contributed by atoms with E-state index in [0.717, 1.165) is 29.7 Å². The number of rotatable bonds is 3. The summed E-state index contributed by atoms with van der Waals surface area (Å²) in [6.07, 6.45) is 1.84. The molecule has 0 spiro atoms. The summed E-state index contributed by atoms with van der Waals surface area (Å²) in [6.45, 7) is 0.791. The minimum Gasteiger partial charge on any atom is -0.493 e. The van der Waals surface area contributed by atoms with E-state index in [0.29, 0.717) is 0 Å². The highest BCUT2D eigenvalue weighted by Gasteiger charge is 2.15. The molecule has 2 nitrogen and oxygen atoms in total. The van der Waals surface area contributed by atoms with E-state index >= 15 is 0 Å². The van der Waals surface area contributed by atoms with Crippen LogP contribution in [-0.4, -0.2) is 6.61 Å². The zero-order chi connectivity index (χ0) is 13.2. The van der Waals surface area contributed by atoms with Crippen molar-refractivity contribution in [3.05, 3.63) is 63.6 Å². The zero-order valence-corrected chi connectivity index (χ0v) is 12.2. The van der Waals surface area contributed by atoms with Gasteiger partial charge < -0.3 is 10.5 Å². The van der Waals surface area contributed by atoms with E-state index in [1.165, 1.54) is 16.7 Å². The third-order valence-electron chi connectivity index (χ3n) is 3.49. The molecule has 1 atom stereocenters.